The molecule has 0 bridgehead atoms. The van der Waals surface area contributed by atoms with Crippen LogP contribution >= 0.6 is 11.8 Å². The van der Waals surface area contributed by atoms with Gasteiger partial charge in [0.15, 0.2) is 11.4 Å². The van der Waals surface area contributed by atoms with E-state index in [9.17, 15) is 17.6 Å². The lowest BCUT2D eigenvalue weighted by atomic mass is 10.2. The lowest BCUT2D eigenvalue weighted by Crippen LogP contribution is -2.38. The molecule has 0 unspecified atom stereocenters. The van der Waals surface area contributed by atoms with E-state index in [1.165, 1.54) is 0 Å². The molecular weight excluding hydrogens is 368 g/mol. The molecule has 0 atom stereocenters. The van der Waals surface area contributed by atoms with Crippen molar-refractivity contribution in [3.05, 3.63) is 54.1 Å². The highest BCUT2D eigenvalue weighted by atomic mass is 32.2. The predicted molar refractivity (Wildman–Crippen MR) is 92.1 cm³/mol. The number of hydrogen-bond donors (Lipinski definition) is 0. The van der Waals surface area contributed by atoms with Crippen molar-refractivity contribution in [3.63, 3.8) is 0 Å². The molecule has 8 heteroatoms. The summed E-state index contributed by atoms with van der Waals surface area (Å²) in [4.78, 5) is 1.76. The Bertz CT molecular complexity index is 913. The minimum atomic E-state index is -4.09. The van der Waals surface area contributed by atoms with Gasteiger partial charge in [-0.15, -0.1) is 11.8 Å². The second-order valence-electron chi connectivity index (χ2n) is 6.20. The molecule has 136 valence electrons. The summed E-state index contributed by atoms with van der Waals surface area (Å²) in [6, 6.07) is 15.1. The molecule has 1 aliphatic rings. The summed E-state index contributed by atoms with van der Waals surface area (Å²) in [6.07, 6.45) is 0. The standard InChI is InChI=1S/C18H14F4N2OS/c19-17(20)10-24(11-18(17,21)22)16-14-8-13(6-7-15(14)25-23-16)26-9-12-4-2-1-3-5-12/h1-8H,9-11H2. The minimum Gasteiger partial charge on any atom is -0.354 e. The van der Waals surface area contributed by atoms with E-state index in [-0.39, 0.29) is 5.82 Å². The predicted octanol–water partition coefficient (Wildman–Crippen LogP) is 5.21. The van der Waals surface area contributed by atoms with Gasteiger partial charge in [0.2, 0.25) is 0 Å². The van der Waals surface area contributed by atoms with Crippen molar-refractivity contribution in [2.75, 3.05) is 18.0 Å². The SMILES string of the molecule is FC1(F)CN(c2noc3ccc(SCc4ccccc4)cc23)CC1(F)F. The lowest BCUT2D eigenvalue weighted by molar-refractivity contribution is -0.172. The molecule has 2 heterocycles. The number of aromatic nitrogens is 1. The first-order valence-electron chi connectivity index (χ1n) is 7.92. The van der Waals surface area contributed by atoms with E-state index in [0.29, 0.717) is 11.0 Å². The van der Waals surface area contributed by atoms with Crippen LogP contribution in [0, 0.1) is 0 Å². The highest BCUT2D eigenvalue weighted by molar-refractivity contribution is 7.98. The van der Waals surface area contributed by atoms with Gasteiger partial charge in [0.05, 0.1) is 18.5 Å². The number of hydrogen-bond acceptors (Lipinski definition) is 4. The minimum absolute atomic E-state index is 0.0269. The van der Waals surface area contributed by atoms with Gasteiger partial charge in [-0.2, -0.15) is 17.6 Å². The van der Waals surface area contributed by atoms with Crippen molar-refractivity contribution < 1.29 is 22.1 Å². The number of rotatable bonds is 4. The maximum Gasteiger partial charge on any atom is 0.329 e. The van der Waals surface area contributed by atoms with Gasteiger partial charge in [-0.05, 0) is 23.8 Å². The third kappa shape index (κ3) is 3.02. The zero-order valence-corrected chi connectivity index (χ0v) is 14.3. The molecule has 3 aromatic rings. The molecule has 26 heavy (non-hydrogen) atoms. The van der Waals surface area contributed by atoms with E-state index >= 15 is 0 Å². The summed E-state index contributed by atoms with van der Waals surface area (Å²) < 4.78 is 59.1. The fraction of sp³-hybridized carbons (Fsp3) is 0.278. The molecular formula is C18H14F4N2OS. The molecule has 0 N–H and O–H groups in total. The quantitative estimate of drug-likeness (QED) is 0.458. The highest BCUT2D eigenvalue weighted by Gasteiger charge is 2.63. The summed E-state index contributed by atoms with van der Waals surface area (Å²) in [5.74, 6) is -7.41. The summed E-state index contributed by atoms with van der Waals surface area (Å²) in [5, 5.41) is 4.20. The number of benzene rings is 2. The normalized spacial score (nSPS) is 18.5. The molecule has 0 saturated carbocycles. The van der Waals surface area contributed by atoms with Crippen LogP contribution in [0.5, 0.6) is 0 Å². The molecule has 1 aromatic heterocycles. The van der Waals surface area contributed by atoms with Crippen molar-refractivity contribution >= 4 is 28.5 Å². The number of fused-ring (bicyclic) bond motifs is 1. The Kier molecular flexibility index (Phi) is 4.10. The van der Waals surface area contributed by atoms with Crippen LogP contribution in [-0.2, 0) is 5.75 Å². The molecule has 4 rings (SSSR count). The Morgan fingerprint density at radius 3 is 2.38 bits per heavy atom. The van der Waals surface area contributed by atoms with Crippen LogP contribution in [0.25, 0.3) is 11.0 Å². The molecule has 2 aromatic carbocycles. The molecule has 1 fully saturated rings. The van der Waals surface area contributed by atoms with Gasteiger partial charge in [0, 0.05) is 10.6 Å². The second kappa shape index (κ2) is 6.19. The van der Waals surface area contributed by atoms with Crippen LogP contribution in [0.4, 0.5) is 23.4 Å². The molecule has 0 radical (unpaired) electrons. The number of halogens is 4. The molecule has 0 amide bonds. The van der Waals surface area contributed by atoms with Gasteiger partial charge in [0.1, 0.15) is 0 Å². The van der Waals surface area contributed by atoms with Gasteiger partial charge >= 0.3 is 11.8 Å². The van der Waals surface area contributed by atoms with Gasteiger partial charge in [-0.1, -0.05) is 35.5 Å². The molecule has 1 aliphatic heterocycles. The number of alkyl halides is 4. The average Bonchev–Trinajstić information content (AvgIpc) is 3.11. The van der Waals surface area contributed by atoms with Crippen LogP contribution in [0.2, 0.25) is 0 Å². The smallest absolute Gasteiger partial charge is 0.329 e. The van der Waals surface area contributed by atoms with E-state index in [0.717, 1.165) is 21.1 Å². The fourth-order valence-electron chi connectivity index (χ4n) is 2.88. The summed E-state index contributed by atoms with van der Waals surface area (Å²) in [5.41, 5.74) is 1.52. The summed E-state index contributed by atoms with van der Waals surface area (Å²) in [7, 11) is 0. The molecule has 3 nitrogen and oxygen atoms in total. The number of thioether (sulfide) groups is 1. The first-order valence-corrected chi connectivity index (χ1v) is 8.91. The maximum atomic E-state index is 13.5. The van der Waals surface area contributed by atoms with Crippen LogP contribution in [-0.4, -0.2) is 30.1 Å². The number of nitrogens with zero attached hydrogens (tertiary/aromatic N) is 2. The van der Waals surface area contributed by atoms with Gasteiger partial charge in [-0.25, -0.2) is 0 Å². The van der Waals surface area contributed by atoms with Gasteiger partial charge < -0.3 is 9.42 Å². The molecule has 1 saturated heterocycles. The largest absolute Gasteiger partial charge is 0.354 e. The van der Waals surface area contributed by atoms with Crippen LogP contribution < -0.4 is 4.90 Å². The first-order chi connectivity index (χ1) is 12.4. The van der Waals surface area contributed by atoms with Crippen molar-refractivity contribution in [2.45, 2.75) is 22.5 Å². The van der Waals surface area contributed by atoms with E-state index in [2.05, 4.69) is 5.16 Å². The lowest BCUT2D eigenvalue weighted by Gasteiger charge is -2.14. The topological polar surface area (TPSA) is 29.3 Å². The van der Waals surface area contributed by atoms with Gasteiger partial charge in [0.25, 0.3) is 0 Å². The zero-order valence-electron chi connectivity index (χ0n) is 13.5. The van der Waals surface area contributed by atoms with E-state index < -0.39 is 24.9 Å². The highest BCUT2D eigenvalue weighted by Crippen LogP contribution is 2.44. The summed E-state index contributed by atoms with van der Waals surface area (Å²) >= 11 is 1.56. The van der Waals surface area contributed by atoms with Crippen molar-refractivity contribution in [1.29, 1.82) is 0 Å². The Labute approximate surface area is 150 Å². The van der Waals surface area contributed by atoms with Crippen molar-refractivity contribution in [3.8, 4) is 0 Å². The van der Waals surface area contributed by atoms with Crippen molar-refractivity contribution in [2.24, 2.45) is 0 Å². The van der Waals surface area contributed by atoms with E-state index in [1.54, 1.807) is 23.9 Å². The Morgan fingerprint density at radius 2 is 1.69 bits per heavy atom. The maximum absolute atomic E-state index is 13.5. The van der Waals surface area contributed by atoms with E-state index in [4.69, 9.17) is 4.52 Å². The van der Waals surface area contributed by atoms with E-state index in [1.807, 2.05) is 36.4 Å². The number of anilines is 1. The molecule has 0 spiro atoms. The average molecular weight is 382 g/mol. The fourth-order valence-corrected chi connectivity index (χ4v) is 3.77. The monoisotopic (exact) mass is 382 g/mol. The first kappa shape index (κ1) is 17.2. The van der Waals surface area contributed by atoms with Crippen molar-refractivity contribution in [1.82, 2.24) is 5.16 Å². The zero-order chi connectivity index (χ0) is 18.4. The van der Waals surface area contributed by atoms with Crippen LogP contribution in [0.1, 0.15) is 5.56 Å². The van der Waals surface area contributed by atoms with Crippen LogP contribution in [0.3, 0.4) is 0 Å². The third-order valence-electron chi connectivity index (χ3n) is 4.28. The Hall–Kier alpha value is -2.22. The second-order valence-corrected chi connectivity index (χ2v) is 7.25. The van der Waals surface area contributed by atoms with Crippen LogP contribution in [0.15, 0.2) is 57.9 Å². The summed E-state index contributed by atoms with van der Waals surface area (Å²) in [6.45, 7) is -2.16. The Balaban J connectivity index is 1.59. The third-order valence-corrected chi connectivity index (χ3v) is 5.35. The molecule has 0 aliphatic carbocycles. The Morgan fingerprint density at radius 1 is 1.00 bits per heavy atom. The van der Waals surface area contributed by atoms with Gasteiger partial charge in [-0.3, -0.25) is 0 Å².